The summed E-state index contributed by atoms with van der Waals surface area (Å²) in [7, 11) is 1.66. The quantitative estimate of drug-likeness (QED) is 0.619. The van der Waals surface area contributed by atoms with Crippen LogP contribution in [0, 0.1) is 6.92 Å². The number of aryl methyl sites for hydroxylation is 1. The van der Waals surface area contributed by atoms with E-state index in [4.69, 9.17) is 14.2 Å². The Morgan fingerprint density at radius 1 is 1.25 bits per heavy atom. The molecular formula is C21H20N2O4S. The Bertz CT molecular complexity index is 1130. The van der Waals surface area contributed by atoms with E-state index in [1.54, 1.807) is 13.2 Å². The Balaban J connectivity index is 1.63. The van der Waals surface area contributed by atoms with Crippen molar-refractivity contribution in [2.45, 2.75) is 13.5 Å². The van der Waals surface area contributed by atoms with Crippen molar-refractivity contribution in [3.63, 3.8) is 0 Å². The zero-order valence-electron chi connectivity index (χ0n) is 15.7. The van der Waals surface area contributed by atoms with Crippen molar-refractivity contribution in [2.75, 3.05) is 20.5 Å². The molecule has 1 aromatic heterocycles. The number of aromatic nitrogens is 1. The van der Waals surface area contributed by atoms with Gasteiger partial charge in [-0.3, -0.25) is 4.79 Å². The van der Waals surface area contributed by atoms with Gasteiger partial charge < -0.3 is 18.8 Å². The second-order valence-corrected chi connectivity index (χ2v) is 7.41. The fourth-order valence-corrected chi connectivity index (χ4v) is 4.14. The third-order valence-corrected chi connectivity index (χ3v) is 5.42. The number of nitrogens with zero attached hydrogens (tertiary/aromatic N) is 2. The normalized spacial score (nSPS) is 13.7. The van der Waals surface area contributed by atoms with Crippen LogP contribution in [0.15, 0.2) is 47.5 Å². The molecule has 0 atom stereocenters. The molecule has 2 heterocycles. The summed E-state index contributed by atoms with van der Waals surface area (Å²) >= 11 is 1.50. The summed E-state index contributed by atoms with van der Waals surface area (Å²) in [4.78, 5) is 17.4. The molecule has 2 aromatic carbocycles. The predicted octanol–water partition coefficient (Wildman–Crippen LogP) is 3.53. The lowest BCUT2D eigenvalue weighted by Crippen LogP contribution is -2.18. The average Bonchev–Trinajstić information content (AvgIpc) is 3.28. The minimum atomic E-state index is -0.313. The van der Waals surface area contributed by atoms with Gasteiger partial charge in [-0.05, 0) is 48.4 Å². The number of benzene rings is 2. The van der Waals surface area contributed by atoms with Crippen molar-refractivity contribution < 1.29 is 19.0 Å². The predicted molar refractivity (Wildman–Crippen MR) is 109 cm³/mol. The molecule has 1 aliphatic heterocycles. The monoisotopic (exact) mass is 396 g/mol. The van der Waals surface area contributed by atoms with Crippen LogP contribution in [0.1, 0.15) is 11.1 Å². The molecular weight excluding hydrogens is 376 g/mol. The first-order valence-corrected chi connectivity index (χ1v) is 9.71. The highest BCUT2D eigenvalue weighted by Gasteiger charge is 2.12. The van der Waals surface area contributed by atoms with Crippen LogP contribution in [0.4, 0.5) is 0 Å². The van der Waals surface area contributed by atoms with E-state index in [1.165, 1.54) is 23.0 Å². The Morgan fingerprint density at radius 3 is 2.96 bits per heavy atom. The Morgan fingerprint density at radius 2 is 2.11 bits per heavy atom. The molecule has 0 aliphatic carbocycles. The zero-order chi connectivity index (χ0) is 19.5. The molecule has 28 heavy (non-hydrogen) atoms. The first-order chi connectivity index (χ1) is 13.6. The van der Waals surface area contributed by atoms with Gasteiger partial charge in [-0.25, -0.2) is 0 Å². The molecule has 144 valence electrons. The zero-order valence-corrected chi connectivity index (χ0v) is 16.5. The van der Waals surface area contributed by atoms with Crippen LogP contribution in [0.25, 0.3) is 16.3 Å². The van der Waals surface area contributed by atoms with Gasteiger partial charge in [-0.1, -0.05) is 23.5 Å². The molecule has 0 N–H and O–H groups in total. The largest absolute Gasteiger partial charge is 0.454 e. The van der Waals surface area contributed by atoms with Gasteiger partial charge in [0, 0.05) is 19.7 Å². The third kappa shape index (κ3) is 3.85. The number of carbonyl (C=O) groups is 1. The number of methoxy groups -OCH3 is 1. The maximum Gasteiger partial charge on any atom is 0.272 e. The highest BCUT2D eigenvalue weighted by atomic mass is 32.1. The third-order valence-electron chi connectivity index (χ3n) is 4.38. The second-order valence-electron chi connectivity index (χ2n) is 6.40. The van der Waals surface area contributed by atoms with Gasteiger partial charge in [-0.15, -0.1) is 0 Å². The lowest BCUT2D eigenvalue weighted by molar-refractivity contribution is -0.113. The van der Waals surface area contributed by atoms with Crippen molar-refractivity contribution in [3.05, 3.63) is 58.4 Å². The van der Waals surface area contributed by atoms with Crippen LogP contribution in [0.2, 0.25) is 0 Å². The molecule has 0 saturated carbocycles. The number of rotatable bonds is 5. The molecule has 0 fully saturated rings. The van der Waals surface area contributed by atoms with Gasteiger partial charge in [0.15, 0.2) is 16.3 Å². The van der Waals surface area contributed by atoms with E-state index in [-0.39, 0.29) is 12.7 Å². The second kappa shape index (κ2) is 8.00. The fourth-order valence-electron chi connectivity index (χ4n) is 2.98. The van der Waals surface area contributed by atoms with Crippen molar-refractivity contribution in [2.24, 2.45) is 4.99 Å². The van der Waals surface area contributed by atoms with Gasteiger partial charge in [0.05, 0.1) is 16.8 Å². The van der Waals surface area contributed by atoms with Gasteiger partial charge >= 0.3 is 0 Å². The van der Waals surface area contributed by atoms with Gasteiger partial charge in [0.1, 0.15) is 0 Å². The maximum absolute atomic E-state index is 12.4. The van der Waals surface area contributed by atoms with E-state index in [9.17, 15) is 4.79 Å². The van der Waals surface area contributed by atoms with Crippen molar-refractivity contribution in [3.8, 4) is 11.5 Å². The Labute approximate surface area is 166 Å². The van der Waals surface area contributed by atoms with Crippen LogP contribution in [-0.4, -0.2) is 31.0 Å². The van der Waals surface area contributed by atoms with Crippen LogP contribution in [0.3, 0.4) is 0 Å². The van der Waals surface area contributed by atoms with Crippen LogP contribution >= 0.6 is 11.3 Å². The van der Waals surface area contributed by atoms with Crippen molar-refractivity contribution in [1.29, 1.82) is 0 Å². The minimum Gasteiger partial charge on any atom is -0.454 e. The summed E-state index contributed by atoms with van der Waals surface area (Å²) in [6, 6.07) is 11.8. The smallest absolute Gasteiger partial charge is 0.272 e. The van der Waals surface area contributed by atoms with Crippen LogP contribution in [-0.2, 0) is 16.1 Å². The molecule has 7 heteroatoms. The lowest BCUT2D eigenvalue weighted by Gasteiger charge is -2.04. The van der Waals surface area contributed by atoms with E-state index in [0.717, 1.165) is 15.8 Å². The summed E-state index contributed by atoms with van der Waals surface area (Å²) in [6.07, 6.45) is 3.19. The first kappa shape index (κ1) is 18.5. The summed E-state index contributed by atoms with van der Waals surface area (Å²) in [6.45, 7) is 3.46. The molecule has 4 rings (SSSR count). The standard InChI is InChI=1S/C21H20N2O4S/c1-14-3-6-16-19(11-14)28-21(23(16)9-10-25-2)22-20(24)8-5-15-4-7-17-18(12-15)27-13-26-17/h3-8,11-12H,9-10,13H2,1-2H3/b8-5-,22-21?. The van der Waals surface area contributed by atoms with E-state index in [1.807, 2.05) is 22.8 Å². The molecule has 3 aromatic rings. The molecule has 1 aliphatic rings. The lowest BCUT2D eigenvalue weighted by atomic mass is 10.2. The van der Waals surface area contributed by atoms with E-state index in [2.05, 4.69) is 30.1 Å². The van der Waals surface area contributed by atoms with E-state index in [0.29, 0.717) is 29.5 Å². The van der Waals surface area contributed by atoms with Gasteiger partial charge in [0.2, 0.25) is 6.79 Å². The number of amides is 1. The summed E-state index contributed by atoms with van der Waals surface area (Å²) in [5, 5.41) is 0. The maximum atomic E-state index is 12.4. The first-order valence-electron chi connectivity index (χ1n) is 8.89. The highest BCUT2D eigenvalue weighted by molar-refractivity contribution is 7.16. The summed E-state index contributed by atoms with van der Waals surface area (Å²) in [5.41, 5.74) is 3.08. The van der Waals surface area contributed by atoms with Gasteiger partial charge in [0.25, 0.3) is 5.91 Å². The number of hydrogen-bond donors (Lipinski definition) is 0. The van der Waals surface area contributed by atoms with E-state index >= 15 is 0 Å². The Kier molecular flexibility index (Phi) is 5.27. The molecule has 0 radical (unpaired) electrons. The van der Waals surface area contributed by atoms with Gasteiger partial charge in [-0.2, -0.15) is 4.99 Å². The Hall–Kier alpha value is -2.90. The molecule has 6 nitrogen and oxygen atoms in total. The van der Waals surface area contributed by atoms with Crippen LogP contribution in [0.5, 0.6) is 11.5 Å². The molecule has 0 bridgehead atoms. The minimum absolute atomic E-state index is 0.226. The van der Waals surface area contributed by atoms with E-state index < -0.39 is 0 Å². The molecule has 0 saturated heterocycles. The SMILES string of the molecule is COCCn1c(=NC(=O)/C=C\c2ccc3c(c2)OCO3)sc2cc(C)ccc21. The average molecular weight is 396 g/mol. The topological polar surface area (TPSA) is 62.1 Å². The number of hydrogen-bond acceptors (Lipinski definition) is 5. The van der Waals surface area contributed by atoms with Crippen molar-refractivity contribution >= 4 is 33.5 Å². The summed E-state index contributed by atoms with van der Waals surface area (Å²) < 4.78 is 19.0. The number of fused-ring (bicyclic) bond motifs is 2. The van der Waals surface area contributed by atoms with Crippen LogP contribution < -0.4 is 14.3 Å². The fraction of sp³-hybridized carbons (Fsp3) is 0.238. The number of carbonyl (C=O) groups excluding carboxylic acids is 1. The summed E-state index contributed by atoms with van der Waals surface area (Å²) in [5.74, 6) is 1.09. The number of ether oxygens (including phenoxy) is 3. The molecule has 0 unspecified atom stereocenters. The van der Waals surface area contributed by atoms with Crippen molar-refractivity contribution in [1.82, 2.24) is 4.57 Å². The number of thiazole rings is 1. The molecule has 1 amide bonds. The molecule has 0 spiro atoms. The highest BCUT2D eigenvalue weighted by Crippen LogP contribution is 2.32.